The Morgan fingerprint density at radius 2 is 1.92 bits per heavy atom. The van der Waals surface area contributed by atoms with Gasteiger partial charge in [-0.15, -0.1) is 0 Å². The molecule has 25 heavy (non-hydrogen) atoms. The van der Waals surface area contributed by atoms with E-state index in [1.54, 1.807) is 19.1 Å². The zero-order valence-electron chi connectivity index (χ0n) is 13.5. The van der Waals surface area contributed by atoms with Gasteiger partial charge in [0.15, 0.2) is 0 Å². The van der Waals surface area contributed by atoms with Crippen LogP contribution in [0.2, 0.25) is 0 Å². The van der Waals surface area contributed by atoms with Gasteiger partial charge in [0.25, 0.3) is 0 Å². The lowest BCUT2D eigenvalue weighted by atomic mass is 10.2. The first-order valence-electron chi connectivity index (χ1n) is 7.68. The smallest absolute Gasteiger partial charge is 0.408 e. The van der Waals surface area contributed by atoms with E-state index in [4.69, 9.17) is 9.26 Å². The van der Waals surface area contributed by atoms with Crippen LogP contribution in [0.15, 0.2) is 59.1 Å². The van der Waals surface area contributed by atoms with Crippen molar-refractivity contribution in [3.63, 3.8) is 0 Å². The summed E-state index contributed by atoms with van der Waals surface area (Å²) < 4.78 is 23.2. The zero-order chi connectivity index (χ0) is 17.6. The fourth-order valence-corrected chi connectivity index (χ4v) is 2.13. The first kappa shape index (κ1) is 16.6. The number of nitrogens with one attached hydrogen (secondary N) is 1. The summed E-state index contributed by atoms with van der Waals surface area (Å²) in [5.41, 5.74) is 1.51. The van der Waals surface area contributed by atoms with Crippen molar-refractivity contribution in [3.8, 4) is 11.4 Å². The van der Waals surface area contributed by atoms with Crippen LogP contribution in [0.4, 0.5) is 9.18 Å². The van der Waals surface area contributed by atoms with Crippen LogP contribution in [0, 0.1) is 5.82 Å². The van der Waals surface area contributed by atoms with Gasteiger partial charge in [-0.3, -0.25) is 0 Å². The number of halogens is 1. The number of hydrogen-bond donors (Lipinski definition) is 1. The molecule has 6 nitrogen and oxygen atoms in total. The number of amides is 1. The van der Waals surface area contributed by atoms with Gasteiger partial charge < -0.3 is 14.6 Å². The summed E-state index contributed by atoms with van der Waals surface area (Å²) in [5.74, 6) is 0.209. The fraction of sp³-hybridized carbons (Fsp3) is 0.167. The summed E-state index contributed by atoms with van der Waals surface area (Å²) in [5, 5.41) is 6.46. The third-order valence-electron chi connectivity index (χ3n) is 3.46. The van der Waals surface area contributed by atoms with Crippen molar-refractivity contribution in [2.24, 2.45) is 0 Å². The van der Waals surface area contributed by atoms with E-state index in [-0.39, 0.29) is 18.3 Å². The van der Waals surface area contributed by atoms with E-state index in [2.05, 4.69) is 15.5 Å². The highest BCUT2D eigenvalue weighted by Gasteiger charge is 2.18. The number of benzene rings is 2. The Bertz CT molecular complexity index is 834. The summed E-state index contributed by atoms with van der Waals surface area (Å²) in [6.45, 7) is 1.87. The number of nitrogens with zero attached hydrogens (tertiary/aromatic N) is 2. The highest BCUT2D eigenvalue weighted by Crippen LogP contribution is 2.19. The molecule has 0 aliphatic carbocycles. The van der Waals surface area contributed by atoms with Crippen LogP contribution >= 0.6 is 0 Å². The van der Waals surface area contributed by atoms with Crippen molar-refractivity contribution in [2.75, 3.05) is 0 Å². The molecular weight excluding hydrogens is 325 g/mol. The van der Waals surface area contributed by atoms with Gasteiger partial charge in [-0.1, -0.05) is 35.5 Å². The molecule has 0 unspecified atom stereocenters. The molecule has 1 N–H and O–H groups in total. The SMILES string of the molecule is C[C@H](NC(=O)OCc1ccccc1)c1nc(-c2ccc(F)cc2)no1. The number of rotatable bonds is 5. The summed E-state index contributed by atoms with van der Waals surface area (Å²) in [4.78, 5) is 16.1. The van der Waals surface area contributed by atoms with E-state index in [1.807, 2.05) is 30.3 Å². The fourth-order valence-electron chi connectivity index (χ4n) is 2.13. The highest BCUT2D eigenvalue weighted by atomic mass is 19.1. The van der Waals surface area contributed by atoms with Crippen LogP contribution in [0.25, 0.3) is 11.4 Å². The average molecular weight is 341 g/mol. The molecular formula is C18H16FN3O3. The van der Waals surface area contributed by atoms with Crippen LogP contribution in [-0.2, 0) is 11.3 Å². The van der Waals surface area contributed by atoms with E-state index in [0.717, 1.165) is 5.56 Å². The Labute approximate surface area is 143 Å². The standard InChI is InChI=1S/C18H16FN3O3/c1-12(20-18(23)24-11-13-5-3-2-4-6-13)17-21-16(22-25-17)14-7-9-15(19)10-8-14/h2-10,12H,11H2,1H3,(H,20,23)/t12-/m0/s1. The molecule has 2 aromatic carbocycles. The van der Waals surface area contributed by atoms with Crippen LogP contribution < -0.4 is 5.32 Å². The van der Waals surface area contributed by atoms with Crippen molar-refractivity contribution in [1.82, 2.24) is 15.5 Å². The summed E-state index contributed by atoms with van der Waals surface area (Å²) in [7, 11) is 0. The predicted molar refractivity (Wildman–Crippen MR) is 87.9 cm³/mol. The number of carbonyl (C=O) groups excluding carboxylic acids is 1. The Morgan fingerprint density at radius 1 is 1.20 bits per heavy atom. The van der Waals surface area contributed by atoms with Crippen molar-refractivity contribution < 1.29 is 18.4 Å². The number of aromatic nitrogens is 2. The van der Waals surface area contributed by atoms with Crippen molar-refractivity contribution >= 4 is 6.09 Å². The Balaban J connectivity index is 1.57. The molecule has 1 aromatic heterocycles. The van der Waals surface area contributed by atoms with Gasteiger partial charge in [-0.2, -0.15) is 4.98 Å². The second-order valence-corrected chi connectivity index (χ2v) is 5.39. The first-order valence-corrected chi connectivity index (χ1v) is 7.68. The quantitative estimate of drug-likeness (QED) is 0.762. The lowest BCUT2D eigenvalue weighted by Gasteiger charge is -2.10. The Kier molecular flexibility index (Phi) is 5.03. The molecule has 0 bridgehead atoms. The number of hydrogen-bond acceptors (Lipinski definition) is 5. The minimum atomic E-state index is -0.585. The van der Waals surface area contributed by atoms with E-state index < -0.39 is 12.1 Å². The van der Waals surface area contributed by atoms with Crippen molar-refractivity contribution in [1.29, 1.82) is 0 Å². The Morgan fingerprint density at radius 3 is 2.64 bits per heavy atom. The van der Waals surface area contributed by atoms with Gasteiger partial charge >= 0.3 is 6.09 Å². The van der Waals surface area contributed by atoms with Gasteiger partial charge in [0.1, 0.15) is 18.5 Å². The van der Waals surface area contributed by atoms with Gasteiger partial charge in [0.05, 0.1) is 0 Å². The van der Waals surface area contributed by atoms with Gasteiger partial charge in [0, 0.05) is 5.56 Å². The van der Waals surface area contributed by atoms with E-state index >= 15 is 0 Å². The third kappa shape index (κ3) is 4.41. The predicted octanol–water partition coefficient (Wildman–Crippen LogP) is 3.86. The maximum atomic E-state index is 12.9. The minimum absolute atomic E-state index is 0.171. The normalized spacial score (nSPS) is 11.8. The maximum absolute atomic E-state index is 12.9. The van der Waals surface area contributed by atoms with Crippen molar-refractivity contribution in [2.45, 2.75) is 19.6 Å². The monoisotopic (exact) mass is 341 g/mol. The van der Waals surface area contributed by atoms with Crippen LogP contribution in [-0.4, -0.2) is 16.2 Å². The average Bonchev–Trinajstić information content (AvgIpc) is 3.12. The van der Waals surface area contributed by atoms with Gasteiger partial charge in [-0.05, 0) is 36.8 Å². The van der Waals surface area contributed by atoms with Crippen LogP contribution in [0.5, 0.6) is 0 Å². The summed E-state index contributed by atoms with van der Waals surface area (Å²) in [6.07, 6.45) is -0.585. The van der Waals surface area contributed by atoms with Gasteiger partial charge in [0.2, 0.25) is 11.7 Å². The molecule has 0 radical (unpaired) electrons. The molecule has 0 spiro atoms. The molecule has 3 rings (SSSR count). The Hall–Kier alpha value is -3.22. The van der Waals surface area contributed by atoms with Gasteiger partial charge in [-0.25, -0.2) is 9.18 Å². The third-order valence-corrected chi connectivity index (χ3v) is 3.46. The molecule has 1 atom stereocenters. The number of alkyl carbamates (subject to hydrolysis) is 1. The molecule has 0 saturated heterocycles. The molecule has 7 heteroatoms. The maximum Gasteiger partial charge on any atom is 0.408 e. The number of ether oxygens (including phenoxy) is 1. The molecule has 0 aliphatic rings. The molecule has 128 valence electrons. The van der Waals surface area contributed by atoms with E-state index in [9.17, 15) is 9.18 Å². The molecule has 1 heterocycles. The second-order valence-electron chi connectivity index (χ2n) is 5.39. The van der Waals surface area contributed by atoms with Crippen LogP contribution in [0.1, 0.15) is 24.4 Å². The minimum Gasteiger partial charge on any atom is -0.445 e. The van der Waals surface area contributed by atoms with Crippen LogP contribution in [0.3, 0.4) is 0 Å². The topological polar surface area (TPSA) is 77.2 Å². The molecule has 0 fully saturated rings. The lowest BCUT2D eigenvalue weighted by molar-refractivity contribution is 0.134. The highest BCUT2D eigenvalue weighted by molar-refractivity contribution is 5.67. The largest absolute Gasteiger partial charge is 0.445 e. The molecule has 0 aliphatic heterocycles. The lowest BCUT2D eigenvalue weighted by Crippen LogP contribution is -2.27. The zero-order valence-corrected chi connectivity index (χ0v) is 13.5. The first-order chi connectivity index (χ1) is 12.1. The van der Waals surface area contributed by atoms with E-state index in [1.165, 1.54) is 12.1 Å². The number of carbonyl (C=O) groups is 1. The van der Waals surface area contributed by atoms with E-state index in [0.29, 0.717) is 11.4 Å². The molecule has 1 amide bonds. The van der Waals surface area contributed by atoms with Crippen molar-refractivity contribution in [3.05, 3.63) is 71.9 Å². The second kappa shape index (κ2) is 7.57. The molecule has 0 saturated carbocycles. The summed E-state index contributed by atoms with van der Waals surface area (Å²) >= 11 is 0. The molecule has 3 aromatic rings. The summed E-state index contributed by atoms with van der Waals surface area (Å²) in [6, 6.07) is 14.6.